The third-order valence-electron chi connectivity index (χ3n) is 3.71. The fourth-order valence-corrected chi connectivity index (χ4v) is 3.76. The Morgan fingerprint density at radius 1 is 1.12 bits per heavy atom. The summed E-state index contributed by atoms with van der Waals surface area (Å²) in [5.74, 6) is -0.654. The van der Waals surface area contributed by atoms with Crippen LogP contribution < -0.4 is 9.62 Å². The van der Waals surface area contributed by atoms with E-state index in [-0.39, 0.29) is 5.78 Å². The predicted octanol–water partition coefficient (Wildman–Crippen LogP) is 3.34. The maximum atomic E-state index is 12.6. The van der Waals surface area contributed by atoms with Crippen LogP contribution >= 0.6 is 11.6 Å². The number of nitrogens with one attached hydrogen (secondary N) is 1. The van der Waals surface area contributed by atoms with E-state index in [1.54, 1.807) is 36.4 Å². The minimum absolute atomic E-state index is 0.131. The van der Waals surface area contributed by atoms with Crippen molar-refractivity contribution < 1.29 is 18.0 Å². The van der Waals surface area contributed by atoms with Gasteiger partial charge in [-0.2, -0.15) is 0 Å². The van der Waals surface area contributed by atoms with Gasteiger partial charge in [-0.05, 0) is 50.2 Å². The van der Waals surface area contributed by atoms with Crippen LogP contribution in [0.5, 0.6) is 0 Å². The van der Waals surface area contributed by atoms with Gasteiger partial charge >= 0.3 is 0 Å². The van der Waals surface area contributed by atoms with E-state index in [9.17, 15) is 18.0 Å². The summed E-state index contributed by atoms with van der Waals surface area (Å²) in [5, 5.41) is 3.11. The molecular formula is C18H19ClN2O4S. The highest BCUT2D eigenvalue weighted by molar-refractivity contribution is 7.92. The van der Waals surface area contributed by atoms with Crippen LogP contribution in [-0.2, 0) is 14.8 Å². The van der Waals surface area contributed by atoms with Gasteiger partial charge in [0.1, 0.15) is 6.04 Å². The highest BCUT2D eigenvalue weighted by Gasteiger charge is 2.29. The minimum Gasteiger partial charge on any atom is -0.324 e. The number of Topliss-reactive ketones (excluding diaryl/α,β-unsaturated/α-hetero) is 1. The molecule has 0 fully saturated rings. The predicted molar refractivity (Wildman–Crippen MR) is 103 cm³/mol. The van der Waals surface area contributed by atoms with Crippen LogP contribution in [0.15, 0.2) is 48.5 Å². The molecule has 0 unspecified atom stereocenters. The van der Waals surface area contributed by atoms with E-state index in [2.05, 4.69) is 5.32 Å². The minimum atomic E-state index is -3.71. The van der Waals surface area contributed by atoms with Gasteiger partial charge in [-0.3, -0.25) is 13.9 Å². The van der Waals surface area contributed by atoms with Gasteiger partial charge in [0.25, 0.3) is 0 Å². The number of ketones is 1. The van der Waals surface area contributed by atoms with E-state index in [1.807, 2.05) is 0 Å². The molecule has 2 aromatic carbocycles. The molecular weight excluding hydrogens is 376 g/mol. The standard InChI is InChI=1S/C18H19ClN2O4S/c1-12(18(23)20-16-6-4-5-14(11-16)13(2)22)21(26(3,24)25)17-9-7-15(19)8-10-17/h4-12H,1-3H3,(H,20,23)/t12-/m1/s1. The van der Waals surface area contributed by atoms with Crippen molar-refractivity contribution in [1.82, 2.24) is 0 Å². The van der Waals surface area contributed by atoms with E-state index >= 15 is 0 Å². The summed E-state index contributed by atoms with van der Waals surface area (Å²) in [7, 11) is -3.71. The fourth-order valence-electron chi connectivity index (χ4n) is 2.46. The molecule has 2 rings (SSSR count). The molecule has 0 saturated heterocycles. The number of hydrogen-bond acceptors (Lipinski definition) is 4. The van der Waals surface area contributed by atoms with Gasteiger partial charge in [-0.25, -0.2) is 8.42 Å². The second-order valence-electron chi connectivity index (χ2n) is 5.84. The summed E-state index contributed by atoms with van der Waals surface area (Å²) in [6.07, 6.45) is 1.03. The van der Waals surface area contributed by atoms with Crippen LogP contribution in [0.25, 0.3) is 0 Å². The zero-order chi connectivity index (χ0) is 19.5. The third kappa shape index (κ3) is 4.83. The summed E-state index contributed by atoms with van der Waals surface area (Å²) in [6.45, 7) is 2.91. The largest absolute Gasteiger partial charge is 0.324 e. The number of carbonyl (C=O) groups is 2. The van der Waals surface area contributed by atoms with Crippen molar-refractivity contribution in [2.45, 2.75) is 19.9 Å². The van der Waals surface area contributed by atoms with Crippen molar-refractivity contribution in [3.8, 4) is 0 Å². The van der Waals surface area contributed by atoms with Gasteiger partial charge in [-0.15, -0.1) is 0 Å². The molecule has 1 amide bonds. The second kappa shape index (κ2) is 7.88. The number of carbonyl (C=O) groups excluding carboxylic acids is 2. The maximum Gasteiger partial charge on any atom is 0.247 e. The lowest BCUT2D eigenvalue weighted by atomic mass is 10.1. The number of nitrogens with zero attached hydrogens (tertiary/aromatic N) is 1. The molecule has 0 radical (unpaired) electrons. The summed E-state index contributed by atoms with van der Waals surface area (Å²) in [6, 6.07) is 11.6. The van der Waals surface area contributed by atoms with Gasteiger partial charge in [0.15, 0.2) is 5.78 Å². The van der Waals surface area contributed by atoms with Crippen LogP contribution in [0.4, 0.5) is 11.4 Å². The van der Waals surface area contributed by atoms with Crippen molar-refractivity contribution in [3.05, 3.63) is 59.1 Å². The van der Waals surface area contributed by atoms with E-state index in [1.165, 1.54) is 26.0 Å². The third-order valence-corrected chi connectivity index (χ3v) is 5.20. The van der Waals surface area contributed by atoms with Gasteiger partial charge in [0, 0.05) is 16.3 Å². The first-order valence-corrected chi connectivity index (χ1v) is 9.99. The Morgan fingerprint density at radius 2 is 1.73 bits per heavy atom. The van der Waals surface area contributed by atoms with Crippen LogP contribution in [-0.4, -0.2) is 32.4 Å². The number of hydrogen-bond donors (Lipinski definition) is 1. The Labute approximate surface area is 157 Å². The second-order valence-corrected chi connectivity index (χ2v) is 8.13. The molecule has 0 spiro atoms. The van der Waals surface area contributed by atoms with E-state index in [0.29, 0.717) is 22.0 Å². The summed E-state index contributed by atoms with van der Waals surface area (Å²) in [4.78, 5) is 24.1. The number of anilines is 2. The number of rotatable bonds is 6. The number of sulfonamides is 1. The van der Waals surface area contributed by atoms with E-state index < -0.39 is 22.0 Å². The first kappa shape index (κ1) is 19.9. The average Bonchev–Trinajstić information content (AvgIpc) is 2.55. The highest BCUT2D eigenvalue weighted by atomic mass is 35.5. The summed E-state index contributed by atoms with van der Waals surface area (Å²) < 4.78 is 25.5. The molecule has 0 heterocycles. The van der Waals surface area contributed by atoms with Gasteiger partial charge in [0.2, 0.25) is 15.9 Å². The fraction of sp³-hybridized carbons (Fsp3) is 0.222. The number of halogens is 1. The molecule has 1 atom stereocenters. The lowest BCUT2D eigenvalue weighted by Gasteiger charge is -2.28. The zero-order valence-electron chi connectivity index (χ0n) is 14.6. The smallest absolute Gasteiger partial charge is 0.247 e. The van der Waals surface area contributed by atoms with Crippen molar-refractivity contribution in [3.63, 3.8) is 0 Å². The molecule has 0 aromatic heterocycles. The molecule has 6 nitrogen and oxygen atoms in total. The van der Waals surface area contributed by atoms with Crippen LogP contribution in [0.2, 0.25) is 5.02 Å². The Hall–Kier alpha value is -2.38. The lowest BCUT2D eigenvalue weighted by Crippen LogP contribution is -2.45. The maximum absolute atomic E-state index is 12.6. The topological polar surface area (TPSA) is 83.6 Å². The van der Waals surface area contributed by atoms with Gasteiger partial charge < -0.3 is 5.32 Å². The first-order valence-electron chi connectivity index (χ1n) is 7.76. The number of amides is 1. The normalized spacial score (nSPS) is 12.3. The monoisotopic (exact) mass is 394 g/mol. The molecule has 0 aliphatic rings. The van der Waals surface area contributed by atoms with E-state index in [4.69, 9.17) is 11.6 Å². The first-order chi connectivity index (χ1) is 12.1. The van der Waals surface area contributed by atoms with E-state index in [0.717, 1.165) is 10.6 Å². The molecule has 1 N–H and O–H groups in total. The Kier molecular flexibility index (Phi) is 6.05. The lowest BCUT2D eigenvalue weighted by molar-refractivity contribution is -0.116. The zero-order valence-corrected chi connectivity index (χ0v) is 16.1. The van der Waals surface area contributed by atoms with Crippen LogP contribution in [0.3, 0.4) is 0 Å². The molecule has 0 aliphatic heterocycles. The summed E-state index contributed by atoms with van der Waals surface area (Å²) in [5.41, 5.74) is 1.20. The van der Waals surface area contributed by atoms with Crippen molar-refractivity contribution in [1.29, 1.82) is 0 Å². The molecule has 0 bridgehead atoms. The number of benzene rings is 2. The van der Waals surface area contributed by atoms with Crippen molar-refractivity contribution in [2.24, 2.45) is 0 Å². The molecule has 0 saturated carbocycles. The molecule has 0 aliphatic carbocycles. The molecule has 8 heteroatoms. The van der Waals surface area contributed by atoms with Crippen molar-refractivity contribution >= 4 is 44.7 Å². The van der Waals surface area contributed by atoms with Crippen LogP contribution in [0, 0.1) is 0 Å². The quantitative estimate of drug-likeness (QED) is 0.761. The molecule has 138 valence electrons. The Morgan fingerprint density at radius 3 is 2.27 bits per heavy atom. The summed E-state index contributed by atoms with van der Waals surface area (Å²) >= 11 is 5.85. The van der Waals surface area contributed by atoms with Gasteiger partial charge in [0.05, 0.1) is 11.9 Å². The molecule has 26 heavy (non-hydrogen) atoms. The SMILES string of the molecule is CC(=O)c1cccc(NC(=O)[C@@H](C)N(c2ccc(Cl)cc2)S(C)(=O)=O)c1. The van der Waals surface area contributed by atoms with Gasteiger partial charge in [-0.1, -0.05) is 23.7 Å². The van der Waals surface area contributed by atoms with Crippen LogP contribution in [0.1, 0.15) is 24.2 Å². The van der Waals surface area contributed by atoms with Crippen molar-refractivity contribution in [2.75, 3.05) is 15.9 Å². The molecule has 2 aromatic rings. The Balaban J connectivity index is 2.29. The Bertz CT molecular complexity index is 926. The highest BCUT2D eigenvalue weighted by Crippen LogP contribution is 2.23. The average molecular weight is 395 g/mol.